The van der Waals surface area contributed by atoms with Gasteiger partial charge in [0.15, 0.2) is 0 Å². The van der Waals surface area contributed by atoms with Gasteiger partial charge in [-0.05, 0) is 18.3 Å². The maximum atomic E-state index is 13.0. The summed E-state index contributed by atoms with van der Waals surface area (Å²) in [5.41, 5.74) is 0. The van der Waals surface area contributed by atoms with Crippen LogP contribution in [0.15, 0.2) is 36.6 Å². The molecule has 1 aromatic rings. The zero-order chi connectivity index (χ0) is 24.4. The highest BCUT2D eigenvalue weighted by atomic mass is 16.2. The van der Waals surface area contributed by atoms with Crippen LogP contribution in [0, 0.1) is 11.8 Å². The molecule has 0 unspecified atom stereocenters. The molecule has 11 nitrogen and oxygen atoms in total. The minimum atomic E-state index is -0.944. The second-order valence-electron chi connectivity index (χ2n) is 8.42. The normalized spacial score (nSPS) is 22.2. The monoisotopic (exact) mass is 459 g/mol. The van der Waals surface area contributed by atoms with Crippen molar-refractivity contribution in [3.05, 3.63) is 36.6 Å². The number of urea groups is 1. The van der Waals surface area contributed by atoms with E-state index in [1.54, 1.807) is 38.1 Å². The second kappa shape index (κ2) is 12.4. The number of nitrogens with one attached hydrogen (secondary N) is 6. The van der Waals surface area contributed by atoms with Crippen molar-refractivity contribution in [2.75, 3.05) is 11.9 Å². The topological polar surface area (TPSA) is 157 Å². The highest BCUT2D eigenvalue weighted by Gasteiger charge is 2.29. The number of nitrogens with zero attached hydrogens (tertiary/aromatic N) is 1. The number of carbonyl (C=O) groups is 4. The van der Waals surface area contributed by atoms with Gasteiger partial charge < -0.3 is 21.3 Å². The van der Waals surface area contributed by atoms with Gasteiger partial charge in [0.1, 0.15) is 17.9 Å². The molecule has 0 saturated heterocycles. The van der Waals surface area contributed by atoms with Crippen molar-refractivity contribution >= 4 is 29.6 Å². The van der Waals surface area contributed by atoms with Gasteiger partial charge in [0.05, 0.1) is 6.20 Å². The molecule has 2 rings (SSSR count). The van der Waals surface area contributed by atoms with Crippen molar-refractivity contribution in [1.29, 1.82) is 0 Å². The number of rotatable bonds is 6. The average molecular weight is 460 g/mol. The van der Waals surface area contributed by atoms with Gasteiger partial charge in [0, 0.05) is 24.7 Å². The summed E-state index contributed by atoms with van der Waals surface area (Å²) in [5.74, 6) is -0.959. The summed E-state index contributed by atoms with van der Waals surface area (Å²) in [6, 6.07) is -1.22. The molecule has 0 aromatic carbocycles. The van der Waals surface area contributed by atoms with Crippen LogP contribution in [0.1, 0.15) is 34.1 Å². The first-order valence-corrected chi connectivity index (χ1v) is 11.0. The number of carbonyl (C=O) groups excluding carboxylic acids is 4. The third-order valence-corrected chi connectivity index (χ3v) is 4.99. The van der Waals surface area contributed by atoms with E-state index in [1.807, 2.05) is 13.8 Å². The second-order valence-corrected chi connectivity index (χ2v) is 8.42. The molecule has 0 spiro atoms. The van der Waals surface area contributed by atoms with Gasteiger partial charge >= 0.3 is 6.03 Å². The fourth-order valence-corrected chi connectivity index (χ4v) is 3.06. The lowest BCUT2D eigenvalue weighted by Gasteiger charge is -2.26. The molecule has 3 atom stereocenters. The molecule has 11 heteroatoms. The Morgan fingerprint density at radius 2 is 1.91 bits per heavy atom. The Morgan fingerprint density at radius 3 is 2.55 bits per heavy atom. The molecule has 33 heavy (non-hydrogen) atoms. The maximum Gasteiger partial charge on any atom is 0.321 e. The van der Waals surface area contributed by atoms with E-state index in [2.05, 4.69) is 36.8 Å². The predicted molar refractivity (Wildman–Crippen MR) is 124 cm³/mol. The quantitative estimate of drug-likeness (QED) is 0.347. The first kappa shape index (κ1) is 25.6. The van der Waals surface area contributed by atoms with Gasteiger partial charge in [0.2, 0.25) is 17.7 Å². The van der Waals surface area contributed by atoms with Gasteiger partial charge in [-0.2, -0.15) is 5.10 Å². The Morgan fingerprint density at radius 1 is 1.15 bits per heavy atom. The molecule has 6 N–H and O–H groups in total. The van der Waals surface area contributed by atoms with Crippen LogP contribution in [0.2, 0.25) is 0 Å². The van der Waals surface area contributed by atoms with E-state index in [1.165, 1.54) is 12.3 Å². The number of anilines is 1. The molecule has 0 bridgehead atoms. The summed E-state index contributed by atoms with van der Waals surface area (Å²) in [6.45, 7) is 7.82. The van der Waals surface area contributed by atoms with Crippen molar-refractivity contribution in [1.82, 2.24) is 31.5 Å². The SMILES string of the molecule is CC(C)[C@H](NC(=O)Nc1ccn[nH]1)C(=O)N[C@H]1/C=C/CCNC(=O)/C=C/[C@H](C(C)C)NC1=O. The molecule has 0 aliphatic carbocycles. The third kappa shape index (κ3) is 8.43. The molecule has 1 aromatic heterocycles. The van der Waals surface area contributed by atoms with Crippen molar-refractivity contribution < 1.29 is 19.2 Å². The van der Waals surface area contributed by atoms with Gasteiger partial charge in [-0.25, -0.2) is 4.79 Å². The number of amides is 5. The summed E-state index contributed by atoms with van der Waals surface area (Å²) in [5, 5.41) is 19.9. The van der Waals surface area contributed by atoms with Gasteiger partial charge in [0.25, 0.3) is 0 Å². The summed E-state index contributed by atoms with van der Waals surface area (Å²) < 4.78 is 0. The lowest BCUT2D eigenvalue weighted by atomic mass is 10.0. The van der Waals surface area contributed by atoms with E-state index in [4.69, 9.17) is 0 Å². The van der Waals surface area contributed by atoms with E-state index >= 15 is 0 Å². The molecular formula is C22H33N7O4. The number of hydrogen-bond acceptors (Lipinski definition) is 5. The first-order chi connectivity index (χ1) is 15.7. The van der Waals surface area contributed by atoms with Crippen LogP contribution in [0.3, 0.4) is 0 Å². The van der Waals surface area contributed by atoms with Crippen LogP contribution in [-0.2, 0) is 14.4 Å². The molecule has 0 saturated carbocycles. The predicted octanol–water partition coefficient (Wildman–Crippen LogP) is 0.814. The summed E-state index contributed by atoms with van der Waals surface area (Å²) in [4.78, 5) is 50.1. The van der Waals surface area contributed by atoms with E-state index in [-0.39, 0.29) is 17.7 Å². The summed E-state index contributed by atoms with van der Waals surface area (Å²) in [6.07, 6.45) is 8.34. The zero-order valence-corrected chi connectivity index (χ0v) is 19.3. The van der Waals surface area contributed by atoms with Crippen LogP contribution in [0.5, 0.6) is 0 Å². The number of hydrogen-bond donors (Lipinski definition) is 6. The Hall–Kier alpha value is -3.63. The zero-order valence-electron chi connectivity index (χ0n) is 19.3. The van der Waals surface area contributed by atoms with Crippen LogP contribution in [-0.4, -0.2) is 58.6 Å². The van der Waals surface area contributed by atoms with Crippen molar-refractivity contribution in [2.45, 2.75) is 52.2 Å². The Bertz CT molecular complexity index is 877. The van der Waals surface area contributed by atoms with Crippen molar-refractivity contribution in [3.63, 3.8) is 0 Å². The Kier molecular flexibility index (Phi) is 9.64. The van der Waals surface area contributed by atoms with Crippen molar-refractivity contribution in [2.24, 2.45) is 11.8 Å². The smallest absolute Gasteiger partial charge is 0.321 e. The number of aromatic nitrogens is 2. The van der Waals surface area contributed by atoms with Crippen LogP contribution in [0.25, 0.3) is 0 Å². The van der Waals surface area contributed by atoms with E-state index in [9.17, 15) is 19.2 Å². The van der Waals surface area contributed by atoms with Crippen LogP contribution < -0.4 is 26.6 Å². The maximum absolute atomic E-state index is 13.0. The number of H-pyrrole nitrogens is 1. The lowest BCUT2D eigenvalue weighted by Crippen LogP contribution is -2.56. The standard InChI is InChI=1S/C22H33N7O4/c1-13(2)15-8-9-18(30)23-11-6-5-7-16(20(31)25-15)26-21(32)19(14(3)4)28-22(33)27-17-10-12-24-29-17/h5,7-10,12-16,19H,6,11H2,1-4H3,(H,23,30)(H,25,31)(H,26,32)(H3,24,27,28,29,33)/b7-5+,9-8+/t15-,16+,19+/m1/s1. The largest absolute Gasteiger partial charge is 0.352 e. The highest BCUT2D eigenvalue weighted by Crippen LogP contribution is 2.07. The van der Waals surface area contributed by atoms with Crippen molar-refractivity contribution in [3.8, 4) is 0 Å². The molecule has 1 aliphatic heterocycles. The summed E-state index contributed by atoms with van der Waals surface area (Å²) >= 11 is 0. The molecule has 5 amide bonds. The van der Waals surface area contributed by atoms with Gasteiger partial charge in [-0.3, -0.25) is 24.8 Å². The molecule has 1 aliphatic rings. The minimum Gasteiger partial charge on any atom is -0.352 e. The van der Waals surface area contributed by atoms with Crippen LogP contribution in [0.4, 0.5) is 10.6 Å². The Labute approximate surface area is 193 Å². The summed E-state index contributed by atoms with van der Waals surface area (Å²) in [7, 11) is 0. The molecule has 2 heterocycles. The van der Waals surface area contributed by atoms with E-state index in [0.717, 1.165) is 0 Å². The highest BCUT2D eigenvalue weighted by molar-refractivity contribution is 5.95. The molecule has 0 radical (unpaired) electrons. The fourth-order valence-electron chi connectivity index (χ4n) is 3.06. The number of aromatic amines is 1. The van der Waals surface area contributed by atoms with Gasteiger partial charge in [-0.15, -0.1) is 0 Å². The fraction of sp³-hybridized carbons (Fsp3) is 0.500. The Balaban J connectivity index is 2.12. The minimum absolute atomic E-state index is 0.0255. The average Bonchev–Trinajstić information content (AvgIpc) is 3.25. The molecule has 180 valence electrons. The lowest BCUT2D eigenvalue weighted by molar-refractivity contribution is -0.129. The van der Waals surface area contributed by atoms with E-state index < -0.39 is 36.0 Å². The molecule has 0 fully saturated rings. The third-order valence-electron chi connectivity index (χ3n) is 4.99. The van der Waals surface area contributed by atoms with E-state index in [0.29, 0.717) is 18.8 Å². The molecular weight excluding hydrogens is 426 g/mol. The first-order valence-electron chi connectivity index (χ1n) is 11.0. The van der Waals surface area contributed by atoms with Gasteiger partial charge in [-0.1, -0.05) is 45.9 Å². The van der Waals surface area contributed by atoms with Crippen LogP contribution >= 0.6 is 0 Å².